The minimum atomic E-state index is -1.44. The van der Waals surface area contributed by atoms with Gasteiger partial charge in [-0.15, -0.1) is 11.8 Å². The van der Waals surface area contributed by atoms with E-state index in [-0.39, 0.29) is 28.0 Å². The Bertz CT molecular complexity index is 1060. The number of carboxylic acid groups (broad SMARTS) is 2. The van der Waals surface area contributed by atoms with Gasteiger partial charge in [0.05, 0.1) is 21.2 Å². The Labute approximate surface area is 200 Å². The quantitative estimate of drug-likeness (QED) is 0.198. The number of carbonyl (C=O) groups is 4. The predicted molar refractivity (Wildman–Crippen MR) is 118 cm³/mol. The molecule has 2 aliphatic rings. The molecule has 2 amide bonds. The van der Waals surface area contributed by atoms with Gasteiger partial charge in [0.25, 0.3) is 5.69 Å². The Morgan fingerprint density at radius 2 is 1.94 bits per heavy atom. The summed E-state index contributed by atoms with van der Waals surface area (Å²) in [4.78, 5) is 58.7. The number of aliphatic hydroxyl groups is 1. The number of rotatable bonds is 10. The van der Waals surface area contributed by atoms with Gasteiger partial charge in [0.15, 0.2) is 5.70 Å². The molecule has 1 aromatic carbocycles. The van der Waals surface area contributed by atoms with Gasteiger partial charge in [-0.1, -0.05) is 11.8 Å². The molecule has 4 N–H and O–H groups in total. The fourth-order valence-electron chi connectivity index (χ4n) is 3.23. The fraction of sp³-hybridized carbons (Fsp3) is 0.368. The highest BCUT2D eigenvalue weighted by atomic mass is 32.2. The Balaban J connectivity index is 1.58. The average Bonchev–Trinajstić information content (AvgIpc) is 3.09. The molecule has 15 heteroatoms. The molecule has 0 saturated carbocycles. The van der Waals surface area contributed by atoms with Crippen LogP contribution in [0.1, 0.15) is 12.5 Å². The first-order chi connectivity index (χ1) is 16.0. The lowest BCUT2D eigenvalue weighted by atomic mass is 9.92. The Morgan fingerprint density at radius 1 is 1.29 bits per heavy atom. The minimum Gasteiger partial charge on any atom is -0.480 e. The molecule has 0 spiro atoms. The predicted octanol–water partition coefficient (Wildman–Crippen LogP) is 1.17. The van der Waals surface area contributed by atoms with E-state index < -0.39 is 52.3 Å². The monoisotopic (exact) mass is 513 g/mol. The summed E-state index contributed by atoms with van der Waals surface area (Å²) >= 11 is 1.89. The first kappa shape index (κ1) is 25.3. The second-order valence-corrected chi connectivity index (χ2v) is 9.69. The van der Waals surface area contributed by atoms with E-state index in [0.717, 1.165) is 28.4 Å². The van der Waals surface area contributed by atoms with Gasteiger partial charge in [0.1, 0.15) is 18.0 Å². The fourth-order valence-corrected chi connectivity index (χ4v) is 6.19. The maximum Gasteiger partial charge on any atom is 0.408 e. The highest BCUT2D eigenvalue weighted by molar-refractivity contribution is 8.22. The summed E-state index contributed by atoms with van der Waals surface area (Å²) in [6, 6.07) is 3.80. The van der Waals surface area contributed by atoms with Crippen LogP contribution in [-0.2, 0) is 25.7 Å². The molecule has 0 aromatic heterocycles. The van der Waals surface area contributed by atoms with Crippen molar-refractivity contribution in [1.82, 2.24) is 10.2 Å². The molecular formula is C19H19N3O10S2. The third kappa shape index (κ3) is 5.26. The number of aliphatic hydroxyl groups excluding tert-OH is 1. The van der Waals surface area contributed by atoms with Gasteiger partial charge in [0, 0.05) is 17.9 Å². The van der Waals surface area contributed by atoms with E-state index in [1.165, 1.54) is 31.2 Å². The van der Waals surface area contributed by atoms with E-state index in [1.807, 2.05) is 0 Å². The van der Waals surface area contributed by atoms with Crippen molar-refractivity contribution in [2.45, 2.75) is 31.1 Å². The number of carboxylic acids is 2. The van der Waals surface area contributed by atoms with Crippen molar-refractivity contribution in [3.63, 3.8) is 0 Å². The van der Waals surface area contributed by atoms with E-state index in [2.05, 4.69) is 5.32 Å². The van der Waals surface area contributed by atoms with E-state index in [1.54, 1.807) is 0 Å². The number of nitro groups is 1. The van der Waals surface area contributed by atoms with E-state index >= 15 is 0 Å². The van der Waals surface area contributed by atoms with Crippen molar-refractivity contribution in [3.8, 4) is 0 Å². The number of hydrogen-bond donors (Lipinski definition) is 4. The molecule has 1 fully saturated rings. The largest absolute Gasteiger partial charge is 0.480 e. The normalized spacial score (nSPS) is 20.8. The third-order valence-electron chi connectivity index (χ3n) is 4.96. The van der Waals surface area contributed by atoms with Crippen molar-refractivity contribution >= 4 is 53.2 Å². The highest BCUT2D eigenvalue weighted by Crippen LogP contribution is 2.53. The number of nitrogens with one attached hydrogen (secondary N) is 1. The lowest BCUT2D eigenvalue weighted by molar-refractivity contribution is -0.384. The van der Waals surface area contributed by atoms with Crippen LogP contribution in [0.5, 0.6) is 0 Å². The van der Waals surface area contributed by atoms with Gasteiger partial charge in [0.2, 0.25) is 5.91 Å². The van der Waals surface area contributed by atoms with Gasteiger partial charge in [-0.2, -0.15) is 0 Å². The van der Waals surface area contributed by atoms with Crippen molar-refractivity contribution in [1.29, 1.82) is 0 Å². The SMILES string of the molecule is CC(O)[C@H]1C(=O)N2C(C(=O)O)=C(SC[C@H](NC(=O)OCc3ccc([N+](=O)[O-])cc3)C(=O)O)S[C@H]12. The zero-order valence-electron chi connectivity index (χ0n) is 17.4. The zero-order valence-corrected chi connectivity index (χ0v) is 19.1. The molecule has 1 saturated heterocycles. The third-order valence-corrected chi connectivity index (χ3v) is 7.71. The first-order valence-electron chi connectivity index (χ1n) is 9.68. The van der Waals surface area contributed by atoms with Crippen LogP contribution >= 0.6 is 23.5 Å². The second-order valence-electron chi connectivity index (χ2n) is 7.27. The van der Waals surface area contributed by atoms with Crippen LogP contribution in [-0.4, -0.2) is 72.4 Å². The van der Waals surface area contributed by atoms with Crippen LogP contribution < -0.4 is 5.32 Å². The van der Waals surface area contributed by atoms with Crippen LogP contribution in [0.25, 0.3) is 0 Å². The number of non-ortho nitro benzene ring substituents is 1. The summed E-state index contributed by atoms with van der Waals surface area (Å²) in [5.41, 5.74) is 0.0245. The van der Waals surface area contributed by atoms with E-state index in [4.69, 9.17) is 4.74 Å². The van der Waals surface area contributed by atoms with Crippen molar-refractivity contribution < 1.29 is 44.2 Å². The number of ether oxygens (including phenoxy) is 1. The number of nitrogens with zero attached hydrogens (tertiary/aromatic N) is 2. The van der Waals surface area contributed by atoms with Gasteiger partial charge >= 0.3 is 18.0 Å². The Kier molecular flexibility index (Phi) is 7.68. The van der Waals surface area contributed by atoms with Gasteiger partial charge in [-0.3, -0.25) is 19.8 Å². The number of nitro benzene ring substituents is 1. The number of amides is 2. The number of β-lactam (4-membered cyclic amide) rings is 1. The Hall–Kier alpha value is -3.30. The minimum absolute atomic E-state index is 0.137. The molecule has 2 heterocycles. The lowest BCUT2D eigenvalue weighted by Gasteiger charge is -2.43. The number of hydrogen-bond acceptors (Lipinski definition) is 10. The number of alkyl carbamates (subject to hydrolysis) is 1. The molecule has 1 unspecified atom stereocenters. The second kappa shape index (κ2) is 10.3. The molecule has 0 aliphatic carbocycles. The molecule has 0 bridgehead atoms. The van der Waals surface area contributed by atoms with Crippen LogP contribution in [0.3, 0.4) is 0 Å². The van der Waals surface area contributed by atoms with E-state index in [0.29, 0.717) is 5.56 Å². The maximum atomic E-state index is 12.2. The molecule has 0 radical (unpaired) electrons. The van der Waals surface area contributed by atoms with Crippen molar-refractivity contribution in [2.24, 2.45) is 5.92 Å². The summed E-state index contributed by atoms with van der Waals surface area (Å²) in [5, 5.41) is 40.9. The van der Waals surface area contributed by atoms with E-state index in [9.17, 15) is 44.6 Å². The first-order valence-corrected chi connectivity index (χ1v) is 11.5. The van der Waals surface area contributed by atoms with Gasteiger partial charge in [-0.25, -0.2) is 14.4 Å². The molecule has 4 atom stereocenters. The number of benzene rings is 1. The smallest absolute Gasteiger partial charge is 0.408 e. The van der Waals surface area contributed by atoms with Crippen LogP contribution in [0.2, 0.25) is 0 Å². The summed E-state index contributed by atoms with van der Waals surface area (Å²) in [5.74, 6) is -4.29. The maximum absolute atomic E-state index is 12.2. The number of aliphatic carboxylic acids is 2. The molecule has 34 heavy (non-hydrogen) atoms. The summed E-state index contributed by atoms with van der Waals surface area (Å²) < 4.78 is 5.15. The number of thioether (sulfide) groups is 2. The van der Waals surface area contributed by atoms with Crippen molar-refractivity contribution in [2.75, 3.05) is 5.75 Å². The van der Waals surface area contributed by atoms with Crippen LogP contribution in [0, 0.1) is 16.0 Å². The molecule has 1 aromatic rings. The number of carbonyl (C=O) groups excluding carboxylic acids is 2. The summed E-state index contributed by atoms with van der Waals surface area (Å²) in [6.07, 6.45) is -2.02. The van der Waals surface area contributed by atoms with Gasteiger partial charge in [-0.05, 0) is 24.6 Å². The lowest BCUT2D eigenvalue weighted by Crippen LogP contribution is -2.60. The molecule has 3 rings (SSSR count). The molecular weight excluding hydrogens is 494 g/mol. The van der Waals surface area contributed by atoms with Crippen LogP contribution in [0.4, 0.5) is 10.5 Å². The molecule has 2 aliphatic heterocycles. The van der Waals surface area contributed by atoms with Gasteiger partial charge < -0.3 is 25.4 Å². The van der Waals surface area contributed by atoms with Crippen molar-refractivity contribution in [3.05, 3.63) is 49.9 Å². The summed E-state index contributed by atoms with van der Waals surface area (Å²) in [6.45, 7) is 1.17. The molecule has 13 nitrogen and oxygen atoms in total. The topological polar surface area (TPSA) is 197 Å². The average molecular weight is 514 g/mol. The van der Waals surface area contributed by atoms with Crippen LogP contribution in [0.15, 0.2) is 34.2 Å². The summed E-state index contributed by atoms with van der Waals surface area (Å²) in [7, 11) is 0. The standard InChI is InChI=1S/C19H19N3O10S2/c1-8(23)12-14(24)21-13(17(27)28)18(34-15(12)21)33-7-11(16(25)26)20-19(29)32-6-9-2-4-10(5-3-9)22(30)31/h2-5,8,11-12,15,23H,6-7H2,1H3,(H,20,29)(H,25,26)(H,27,28)/t8?,11-,12-,15+/m0/s1. The Morgan fingerprint density at radius 3 is 2.47 bits per heavy atom. The zero-order chi connectivity index (χ0) is 25.2. The highest BCUT2D eigenvalue weighted by Gasteiger charge is 2.57. The molecule has 182 valence electrons. The number of fused-ring (bicyclic) bond motifs is 1.